The third-order valence-corrected chi connectivity index (χ3v) is 11.9. The van der Waals surface area contributed by atoms with Crippen molar-refractivity contribution >= 4 is 8.32 Å². The highest BCUT2D eigenvalue weighted by Crippen LogP contribution is 2.38. The van der Waals surface area contributed by atoms with Crippen molar-refractivity contribution in [1.29, 1.82) is 0 Å². The Morgan fingerprint density at radius 1 is 0.844 bits per heavy atom. The van der Waals surface area contributed by atoms with Gasteiger partial charge in [0, 0.05) is 0 Å². The summed E-state index contributed by atoms with van der Waals surface area (Å²) in [4.78, 5) is 0. The van der Waals surface area contributed by atoms with E-state index in [2.05, 4.69) is 40.8 Å². The van der Waals surface area contributed by atoms with Crippen molar-refractivity contribution < 1.29 is 19.0 Å². The van der Waals surface area contributed by atoms with Crippen LogP contribution in [0.4, 0.5) is 0 Å². The van der Waals surface area contributed by atoms with Crippen LogP contribution in [0, 0.1) is 0 Å². The van der Waals surface area contributed by atoms with Crippen molar-refractivity contribution in [1.82, 2.24) is 0 Å². The Labute approximate surface area is 201 Å². The van der Waals surface area contributed by atoms with E-state index in [1.807, 2.05) is 13.8 Å². The van der Waals surface area contributed by atoms with E-state index in [1.165, 1.54) is 70.6 Å². The van der Waals surface area contributed by atoms with Crippen LogP contribution in [-0.2, 0) is 13.9 Å². The minimum Gasteiger partial charge on any atom is -0.414 e. The molecule has 1 saturated heterocycles. The fourth-order valence-corrected chi connectivity index (χ4v) is 5.22. The molecule has 1 aliphatic heterocycles. The molecule has 0 aromatic heterocycles. The molecule has 0 unspecified atom stereocenters. The lowest BCUT2D eigenvalue weighted by atomic mass is 10.0. The van der Waals surface area contributed by atoms with Crippen LogP contribution >= 0.6 is 0 Å². The predicted octanol–water partition coefficient (Wildman–Crippen LogP) is 7.98. The summed E-state index contributed by atoms with van der Waals surface area (Å²) < 4.78 is 18.5. The van der Waals surface area contributed by atoms with Gasteiger partial charge in [0.15, 0.2) is 14.1 Å². The van der Waals surface area contributed by atoms with Crippen molar-refractivity contribution in [2.24, 2.45) is 0 Å². The van der Waals surface area contributed by atoms with E-state index in [0.29, 0.717) is 6.61 Å². The van der Waals surface area contributed by atoms with Crippen molar-refractivity contribution in [3.8, 4) is 0 Å². The van der Waals surface area contributed by atoms with Gasteiger partial charge in [0.25, 0.3) is 0 Å². The number of unbranched alkanes of at least 4 members (excludes halogenated alkanes) is 11. The second-order valence-corrected chi connectivity index (χ2v) is 16.8. The van der Waals surface area contributed by atoms with Crippen LogP contribution in [0.25, 0.3) is 0 Å². The second kappa shape index (κ2) is 14.5. The highest BCUT2D eigenvalue weighted by Gasteiger charge is 2.45. The van der Waals surface area contributed by atoms with Gasteiger partial charge in [0.1, 0.15) is 12.2 Å². The Morgan fingerprint density at radius 3 is 1.78 bits per heavy atom. The maximum atomic E-state index is 10.9. The summed E-state index contributed by atoms with van der Waals surface area (Å²) in [7, 11) is -1.89. The van der Waals surface area contributed by atoms with Gasteiger partial charge in [-0.1, -0.05) is 105 Å². The molecule has 0 aromatic carbocycles. The van der Waals surface area contributed by atoms with Gasteiger partial charge in [-0.3, -0.25) is 0 Å². The Balaban J connectivity index is 2.26. The first-order valence-electron chi connectivity index (χ1n) is 13.6. The maximum Gasteiger partial charge on any atom is 0.192 e. The molecular formula is C27H56O4Si. The number of rotatable bonds is 17. The van der Waals surface area contributed by atoms with Crippen LogP contribution in [0.5, 0.6) is 0 Å². The lowest BCUT2D eigenvalue weighted by Gasteiger charge is -2.37. The maximum absolute atomic E-state index is 10.9. The third kappa shape index (κ3) is 11.5. The number of aliphatic hydroxyl groups excluding tert-OH is 1. The molecule has 192 valence electrons. The molecule has 0 amide bonds. The van der Waals surface area contributed by atoms with Gasteiger partial charge >= 0.3 is 0 Å². The SMILES string of the molecule is CCCCCCCCCCCCCC[C@@H]1OC(C)(C)O[C@H]1[C@H](O)CO[Si](C)(C)C(C)(C)C. The fraction of sp³-hybridized carbons (Fsp3) is 1.00. The zero-order chi connectivity index (χ0) is 24.3. The fourth-order valence-electron chi connectivity index (χ4n) is 4.20. The van der Waals surface area contributed by atoms with E-state index in [1.54, 1.807) is 0 Å². The molecule has 1 fully saturated rings. The molecule has 4 nitrogen and oxygen atoms in total. The van der Waals surface area contributed by atoms with E-state index < -0.39 is 20.2 Å². The Hall–Kier alpha value is 0.0569. The van der Waals surface area contributed by atoms with Gasteiger partial charge in [-0.2, -0.15) is 0 Å². The van der Waals surface area contributed by atoms with Crippen LogP contribution in [0.1, 0.15) is 125 Å². The quantitative estimate of drug-likeness (QED) is 0.172. The van der Waals surface area contributed by atoms with Gasteiger partial charge < -0.3 is 19.0 Å². The smallest absolute Gasteiger partial charge is 0.192 e. The topological polar surface area (TPSA) is 47.9 Å². The molecule has 1 N–H and O–H groups in total. The predicted molar refractivity (Wildman–Crippen MR) is 139 cm³/mol. The normalized spacial score (nSPS) is 22.4. The highest BCUT2D eigenvalue weighted by atomic mass is 28.4. The molecule has 3 atom stereocenters. The first-order valence-corrected chi connectivity index (χ1v) is 16.5. The lowest BCUT2D eigenvalue weighted by Crippen LogP contribution is -2.46. The van der Waals surface area contributed by atoms with Crippen LogP contribution < -0.4 is 0 Å². The van der Waals surface area contributed by atoms with E-state index in [0.717, 1.165) is 12.8 Å². The molecule has 0 aliphatic carbocycles. The molecule has 0 saturated carbocycles. The van der Waals surface area contributed by atoms with Crippen molar-refractivity contribution in [3.05, 3.63) is 0 Å². The first-order chi connectivity index (χ1) is 14.9. The Kier molecular flexibility index (Phi) is 13.6. The zero-order valence-electron chi connectivity index (χ0n) is 22.8. The number of aliphatic hydroxyl groups is 1. The van der Waals surface area contributed by atoms with Crippen molar-refractivity contribution in [2.45, 2.75) is 167 Å². The van der Waals surface area contributed by atoms with Crippen LogP contribution in [0.2, 0.25) is 18.1 Å². The van der Waals surface area contributed by atoms with Crippen molar-refractivity contribution in [2.75, 3.05) is 6.61 Å². The average molecular weight is 473 g/mol. The molecule has 1 heterocycles. The van der Waals surface area contributed by atoms with Gasteiger partial charge in [-0.15, -0.1) is 0 Å². The summed E-state index contributed by atoms with van der Waals surface area (Å²) in [6, 6.07) is 0. The van der Waals surface area contributed by atoms with Crippen molar-refractivity contribution in [3.63, 3.8) is 0 Å². The lowest BCUT2D eigenvalue weighted by molar-refractivity contribution is -0.157. The number of ether oxygens (including phenoxy) is 2. The summed E-state index contributed by atoms with van der Waals surface area (Å²) in [6.45, 7) is 17.6. The van der Waals surface area contributed by atoms with Gasteiger partial charge in [0.2, 0.25) is 0 Å². The Morgan fingerprint density at radius 2 is 1.31 bits per heavy atom. The third-order valence-electron chi connectivity index (χ3n) is 7.36. The molecular weight excluding hydrogens is 416 g/mol. The van der Waals surface area contributed by atoms with Crippen LogP contribution in [0.15, 0.2) is 0 Å². The molecule has 0 radical (unpaired) electrons. The first kappa shape index (κ1) is 30.1. The number of hydrogen-bond acceptors (Lipinski definition) is 4. The van der Waals surface area contributed by atoms with Gasteiger partial charge in [0.05, 0.1) is 12.7 Å². The molecule has 0 aromatic rings. The summed E-state index contributed by atoms with van der Waals surface area (Å²) in [6.07, 6.45) is 16.1. The second-order valence-electron chi connectivity index (χ2n) is 12.0. The van der Waals surface area contributed by atoms with Gasteiger partial charge in [-0.25, -0.2) is 0 Å². The van der Waals surface area contributed by atoms with Crippen LogP contribution in [-0.4, -0.2) is 44.1 Å². The van der Waals surface area contributed by atoms with Gasteiger partial charge in [-0.05, 0) is 38.4 Å². The minimum absolute atomic E-state index is 0.0499. The summed E-state index contributed by atoms with van der Waals surface area (Å²) in [5.41, 5.74) is 0. The summed E-state index contributed by atoms with van der Waals surface area (Å²) >= 11 is 0. The van der Waals surface area contributed by atoms with E-state index >= 15 is 0 Å². The molecule has 0 spiro atoms. The molecule has 0 bridgehead atoms. The van der Waals surface area contributed by atoms with Crippen LogP contribution in [0.3, 0.4) is 0 Å². The van der Waals surface area contributed by atoms with E-state index in [9.17, 15) is 5.11 Å². The minimum atomic E-state index is -1.89. The highest BCUT2D eigenvalue weighted by molar-refractivity contribution is 6.74. The Bertz CT molecular complexity index is 487. The average Bonchev–Trinajstić information content (AvgIpc) is 3.00. The zero-order valence-corrected chi connectivity index (χ0v) is 23.8. The molecule has 32 heavy (non-hydrogen) atoms. The summed E-state index contributed by atoms with van der Waals surface area (Å²) in [5.74, 6) is -0.635. The largest absolute Gasteiger partial charge is 0.414 e. The standard InChI is InChI=1S/C27H56O4Si/c1-9-10-11-12-13-14-15-16-17-18-19-20-21-24-25(31-27(5,6)30-24)23(28)22-29-32(7,8)26(2,3)4/h23-25,28H,9-22H2,1-8H3/t23-,24+,25+/m1/s1. The monoisotopic (exact) mass is 472 g/mol. The van der Waals surface area contributed by atoms with E-state index in [4.69, 9.17) is 13.9 Å². The molecule has 1 aliphatic rings. The van der Waals surface area contributed by atoms with E-state index in [-0.39, 0.29) is 17.2 Å². The summed E-state index contributed by atoms with van der Waals surface area (Å²) in [5, 5.41) is 11.0. The molecule has 5 heteroatoms. The molecule has 1 rings (SSSR count). The number of hydrogen-bond donors (Lipinski definition) is 1.